The lowest BCUT2D eigenvalue weighted by atomic mass is 10.2. The predicted molar refractivity (Wildman–Crippen MR) is 47.7 cm³/mol. The van der Waals surface area contributed by atoms with Gasteiger partial charge in [0.1, 0.15) is 12.4 Å². The molecule has 0 aliphatic heterocycles. The minimum Gasteiger partial charge on any atom is -0.486 e. The van der Waals surface area contributed by atoms with Gasteiger partial charge in [0.05, 0.1) is 16.7 Å². The molecule has 0 unspecified atom stereocenters. The molecule has 0 fully saturated rings. The van der Waals surface area contributed by atoms with Crippen LogP contribution in [0.2, 0.25) is 5.02 Å². The quantitative estimate of drug-likeness (QED) is 0.780. The van der Waals surface area contributed by atoms with E-state index in [-0.39, 0.29) is 10.8 Å². The SMILES string of the molecule is N#Cc1ccc(OCC(F)F)c(Cl)c1. The second kappa shape index (κ2) is 4.77. The second-order valence-corrected chi connectivity index (χ2v) is 2.87. The highest BCUT2D eigenvalue weighted by Crippen LogP contribution is 2.25. The Morgan fingerprint density at radius 3 is 2.71 bits per heavy atom. The lowest BCUT2D eigenvalue weighted by molar-refractivity contribution is 0.0819. The summed E-state index contributed by atoms with van der Waals surface area (Å²) in [4.78, 5) is 0. The number of hydrogen-bond donors (Lipinski definition) is 0. The largest absolute Gasteiger partial charge is 0.486 e. The average Bonchev–Trinajstić information content (AvgIpc) is 2.15. The minimum absolute atomic E-state index is 0.157. The van der Waals surface area contributed by atoms with E-state index in [4.69, 9.17) is 21.6 Å². The first-order valence-corrected chi connectivity index (χ1v) is 4.12. The average molecular weight is 218 g/mol. The van der Waals surface area contributed by atoms with E-state index >= 15 is 0 Å². The molecule has 0 radical (unpaired) electrons. The first-order chi connectivity index (χ1) is 6.63. The number of nitriles is 1. The number of hydrogen-bond acceptors (Lipinski definition) is 2. The van der Waals surface area contributed by atoms with Crippen molar-refractivity contribution < 1.29 is 13.5 Å². The van der Waals surface area contributed by atoms with Gasteiger partial charge in [-0.1, -0.05) is 11.6 Å². The van der Waals surface area contributed by atoms with Gasteiger partial charge in [-0.05, 0) is 18.2 Å². The first-order valence-electron chi connectivity index (χ1n) is 3.74. The summed E-state index contributed by atoms with van der Waals surface area (Å²) < 4.78 is 28.3. The van der Waals surface area contributed by atoms with Gasteiger partial charge in [-0.25, -0.2) is 8.78 Å². The van der Waals surface area contributed by atoms with E-state index in [9.17, 15) is 8.78 Å². The first kappa shape index (κ1) is 10.7. The van der Waals surface area contributed by atoms with Crippen molar-refractivity contribution in [2.45, 2.75) is 6.43 Å². The van der Waals surface area contributed by atoms with Gasteiger partial charge in [-0.2, -0.15) is 5.26 Å². The van der Waals surface area contributed by atoms with Gasteiger partial charge in [-0.15, -0.1) is 0 Å². The van der Waals surface area contributed by atoms with Crippen LogP contribution in [0.3, 0.4) is 0 Å². The van der Waals surface area contributed by atoms with Crippen LogP contribution in [0.4, 0.5) is 8.78 Å². The lowest BCUT2D eigenvalue weighted by Crippen LogP contribution is -2.07. The molecular formula is C9H6ClF2NO. The van der Waals surface area contributed by atoms with E-state index in [0.717, 1.165) is 0 Å². The molecule has 2 nitrogen and oxygen atoms in total. The van der Waals surface area contributed by atoms with E-state index in [1.54, 1.807) is 0 Å². The molecule has 0 aliphatic rings. The smallest absolute Gasteiger partial charge is 0.272 e. The zero-order chi connectivity index (χ0) is 10.6. The Balaban J connectivity index is 2.75. The molecule has 0 heterocycles. The van der Waals surface area contributed by atoms with Crippen molar-refractivity contribution in [2.24, 2.45) is 0 Å². The van der Waals surface area contributed by atoms with Crippen molar-refractivity contribution in [3.8, 4) is 11.8 Å². The fourth-order valence-electron chi connectivity index (χ4n) is 0.840. The maximum absolute atomic E-state index is 11.8. The summed E-state index contributed by atoms with van der Waals surface area (Å²) in [5.41, 5.74) is 0.361. The highest BCUT2D eigenvalue weighted by molar-refractivity contribution is 6.32. The molecule has 0 saturated carbocycles. The highest BCUT2D eigenvalue weighted by Gasteiger charge is 2.07. The third-order valence-electron chi connectivity index (χ3n) is 1.43. The van der Waals surface area contributed by atoms with Crippen LogP contribution in [-0.2, 0) is 0 Å². The molecule has 0 atom stereocenters. The number of nitrogens with zero attached hydrogens (tertiary/aromatic N) is 1. The Morgan fingerprint density at radius 1 is 1.50 bits per heavy atom. The normalized spacial score (nSPS) is 9.93. The van der Waals surface area contributed by atoms with Gasteiger partial charge < -0.3 is 4.74 Å². The van der Waals surface area contributed by atoms with Crippen LogP contribution in [-0.4, -0.2) is 13.0 Å². The molecule has 0 N–H and O–H groups in total. The fraction of sp³-hybridized carbons (Fsp3) is 0.222. The Hall–Kier alpha value is -1.34. The maximum atomic E-state index is 11.8. The van der Waals surface area contributed by atoms with Crippen LogP contribution in [0.5, 0.6) is 5.75 Å². The maximum Gasteiger partial charge on any atom is 0.272 e. The van der Waals surface area contributed by atoms with Gasteiger partial charge >= 0.3 is 0 Å². The van der Waals surface area contributed by atoms with Crippen molar-refractivity contribution in [3.05, 3.63) is 28.8 Å². The number of benzene rings is 1. The molecule has 0 aliphatic carbocycles. The summed E-state index contributed by atoms with van der Waals surface area (Å²) in [6.07, 6.45) is -2.54. The summed E-state index contributed by atoms with van der Waals surface area (Å²) in [6, 6.07) is 6.08. The van der Waals surface area contributed by atoms with Gasteiger partial charge in [0.2, 0.25) is 0 Å². The Kier molecular flexibility index (Phi) is 3.66. The fourth-order valence-corrected chi connectivity index (χ4v) is 1.08. The van der Waals surface area contributed by atoms with Gasteiger partial charge in [0, 0.05) is 0 Å². The second-order valence-electron chi connectivity index (χ2n) is 2.46. The van der Waals surface area contributed by atoms with E-state index in [2.05, 4.69) is 0 Å². The van der Waals surface area contributed by atoms with Crippen molar-refractivity contribution >= 4 is 11.6 Å². The third kappa shape index (κ3) is 2.86. The summed E-state index contributed by atoms with van der Waals surface area (Å²) >= 11 is 5.67. The van der Waals surface area contributed by atoms with Crippen LogP contribution in [0.1, 0.15) is 5.56 Å². The highest BCUT2D eigenvalue weighted by atomic mass is 35.5. The van der Waals surface area contributed by atoms with Crippen LogP contribution < -0.4 is 4.74 Å². The monoisotopic (exact) mass is 217 g/mol. The van der Waals surface area contributed by atoms with Crippen LogP contribution in [0.25, 0.3) is 0 Å². The van der Waals surface area contributed by atoms with E-state index in [1.165, 1.54) is 18.2 Å². The number of halogens is 3. The number of alkyl halides is 2. The summed E-state index contributed by atoms with van der Waals surface area (Å²) in [7, 11) is 0. The molecule has 5 heteroatoms. The summed E-state index contributed by atoms with van der Waals surface area (Å²) in [5.74, 6) is 0.158. The molecule has 0 spiro atoms. The summed E-state index contributed by atoms with van der Waals surface area (Å²) in [5, 5.41) is 8.66. The Labute approximate surface area is 84.7 Å². The van der Waals surface area contributed by atoms with Crippen molar-refractivity contribution in [1.29, 1.82) is 5.26 Å². The zero-order valence-electron chi connectivity index (χ0n) is 7.01. The standard InChI is InChI=1S/C9H6ClF2NO/c10-7-3-6(4-13)1-2-8(7)14-5-9(11)12/h1-3,9H,5H2. The van der Waals surface area contributed by atoms with E-state index in [0.29, 0.717) is 5.56 Å². The van der Waals surface area contributed by atoms with Crippen molar-refractivity contribution in [1.82, 2.24) is 0 Å². The van der Waals surface area contributed by atoms with Gasteiger partial charge in [0.15, 0.2) is 0 Å². The Morgan fingerprint density at radius 2 is 2.21 bits per heavy atom. The Bertz CT molecular complexity index is 362. The molecule has 0 saturated heterocycles. The van der Waals surface area contributed by atoms with E-state index in [1.807, 2.05) is 6.07 Å². The van der Waals surface area contributed by atoms with Crippen molar-refractivity contribution in [3.63, 3.8) is 0 Å². The topological polar surface area (TPSA) is 33.0 Å². The molecule has 0 aromatic heterocycles. The molecule has 74 valence electrons. The van der Waals surface area contributed by atoms with Gasteiger partial charge in [0.25, 0.3) is 6.43 Å². The minimum atomic E-state index is -2.54. The molecule has 0 bridgehead atoms. The molecule has 1 aromatic carbocycles. The number of ether oxygens (including phenoxy) is 1. The molecule has 1 aromatic rings. The predicted octanol–water partition coefficient (Wildman–Crippen LogP) is 2.86. The molecule has 0 amide bonds. The number of rotatable bonds is 3. The summed E-state index contributed by atoms with van der Waals surface area (Å²) in [6.45, 7) is -0.703. The zero-order valence-corrected chi connectivity index (χ0v) is 7.76. The van der Waals surface area contributed by atoms with Crippen molar-refractivity contribution in [2.75, 3.05) is 6.61 Å². The molecule has 1 rings (SSSR count). The van der Waals surface area contributed by atoms with E-state index < -0.39 is 13.0 Å². The van der Waals surface area contributed by atoms with Crippen LogP contribution in [0.15, 0.2) is 18.2 Å². The van der Waals surface area contributed by atoms with Crippen LogP contribution in [0, 0.1) is 11.3 Å². The van der Waals surface area contributed by atoms with Crippen LogP contribution >= 0.6 is 11.6 Å². The third-order valence-corrected chi connectivity index (χ3v) is 1.72. The lowest BCUT2D eigenvalue weighted by Gasteiger charge is -2.06. The molecular weight excluding hydrogens is 212 g/mol. The van der Waals surface area contributed by atoms with Gasteiger partial charge in [-0.3, -0.25) is 0 Å². The molecule has 14 heavy (non-hydrogen) atoms.